The van der Waals surface area contributed by atoms with Gasteiger partial charge < -0.3 is 15.4 Å². The minimum absolute atomic E-state index is 0.0131. The number of nitrogens with zero attached hydrogens (tertiary/aromatic N) is 2. The Hall–Kier alpha value is -3.41. The van der Waals surface area contributed by atoms with E-state index in [2.05, 4.69) is 20.6 Å². The number of benzene rings is 2. The lowest BCUT2D eigenvalue weighted by Crippen LogP contribution is -2.03. The number of carbonyl (C=O) groups is 1. The van der Waals surface area contributed by atoms with Crippen molar-refractivity contribution in [1.82, 2.24) is 9.97 Å². The molecular weight excluding hydrogens is 328 g/mol. The number of Topliss-reactive ketones (excluding diaryl/α,β-unsaturated/α-hetero) is 1. The van der Waals surface area contributed by atoms with Crippen molar-refractivity contribution in [3.05, 3.63) is 65.9 Å². The van der Waals surface area contributed by atoms with Crippen molar-refractivity contribution in [2.45, 2.75) is 13.8 Å². The van der Waals surface area contributed by atoms with Crippen LogP contribution in [-0.2, 0) is 0 Å². The van der Waals surface area contributed by atoms with E-state index in [0.29, 0.717) is 17.3 Å². The number of ether oxygens (including phenoxy) is 1. The van der Waals surface area contributed by atoms with E-state index in [1.54, 1.807) is 26.2 Å². The van der Waals surface area contributed by atoms with Crippen LogP contribution in [0.5, 0.6) is 5.75 Å². The van der Waals surface area contributed by atoms with Crippen LogP contribution < -0.4 is 15.4 Å². The maximum absolute atomic E-state index is 11.5. The molecule has 3 aromatic rings. The number of aryl methyl sites for hydroxylation is 1. The van der Waals surface area contributed by atoms with Gasteiger partial charge >= 0.3 is 0 Å². The number of ketones is 1. The van der Waals surface area contributed by atoms with Crippen LogP contribution >= 0.6 is 0 Å². The number of rotatable bonds is 6. The second kappa shape index (κ2) is 7.65. The molecule has 0 fully saturated rings. The zero-order chi connectivity index (χ0) is 18.5. The first-order valence-corrected chi connectivity index (χ1v) is 8.18. The minimum Gasteiger partial charge on any atom is -0.497 e. The fourth-order valence-electron chi connectivity index (χ4n) is 2.48. The summed E-state index contributed by atoms with van der Waals surface area (Å²) in [5, 5.41) is 6.40. The molecule has 1 aromatic heterocycles. The maximum atomic E-state index is 11.5. The standard InChI is InChI=1S/C20H20N4O2/c1-13-10-19(22-17-8-5-9-18(12-17)26-3)24-20(21-13)23-16-7-4-6-15(11-16)14(2)25/h4-12H,1-3H3,(H2,21,22,23,24). The molecule has 0 saturated heterocycles. The molecule has 2 aromatic carbocycles. The van der Waals surface area contributed by atoms with Gasteiger partial charge in [0.2, 0.25) is 5.95 Å². The Morgan fingerprint density at radius 2 is 1.69 bits per heavy atom. The van der Waals surface area contributed by atoms with Gasteiger partial charge in [-0.15, -0.1) is 0 Å². The molecule has 132 valence electrons. The van der Waals surface area contributed by atoms with Crippen molar-refractivity contribution < 1.29 is 9.53 Å². The van der Waals surface area contributed by atoms with Crippen molar-refractivity contribution in [2.24, 2.45) is 0 Å². The third kappa shape index (κ3) is 4.36. The fourth-order valence-corrected chi connectivity index (χ4v) is 2.48. The summed E-state index contributed by atoms with van der Waals surface area (Å²) in [4.78, 5) is 20.4. The molecule has 0 saturated carbocycles. The molecule has 6 heteroatoms. The molecule has 0 spiro atoms. The predicted octanol–water partition coefficient (Wildman–Crippen LogP) is 4.48. The van der Waals surface area contributed by atoms with Gasteiger partial charge in [0.1, 0.15) is 11.6 Å². The summed E-state index contributed by atoms with van der Waals surface area (Å²) in [6.07, 6.45) is 0. The van der Waals surface area contributed by atoms with Gasteiger partial charge in [0.25, 0.3) is 0 Å². The number of aromatic nitrogens is 2. The maximum Gasteiger partial charge on any atom is 0.229 e. The Balaban J connectivity index is 1.83. The van der Waals surface area contributed by atoms with Crippen molar-refractivity contribution in [2.75, 3.05) is 17.7 Å². The summed E-state index contributed by atoms with van der Waals surface area (Å²) in [7, 11) is 1.63. The van der Waals surface area contributed by atoms with Crippen LogP contribution in [0.1, 0.15) is 23.0 Å². The van der Waals surface area contributed by atoms with Crippen LogP contribution in [-0.4, -0.2) is 22.9 Å². The Morgan fingerprint density at radius 3 is 2.42 bits per heavy atom. The summed E-state index contributed by atoms with van der Waals surface area (Å²) >= 11 is 0. The van der Waals surface area contributed by atoms with E-state index in [0.717, 1.165) is 22.8 Å². The van der Waals surface area contributed by atoms with Crippen LogP contribution in [0.4, 0.5) is 23.1 Å². The minimum atomic E-state index is 0.0131. The van der Waals surface area contributed by atoms with Gasteiger partial charge in [0.05, 0.1) is 7.11 Å². The van der Waals surface area contributed by atoms with E-state index in [-0.39, 0.29) is 5.78 Å². The third-order valence-corrected chi connectivity index (χ3v) is 3.72. The first-order chi connectivity index (χ1) is 12.5. The lowest BCUT2D eigenvalue weighted by Gasteiger charge is -2.11. The second-order valence-corrected chi connectivity index (χ2v) is 5.84. The van der Waals surface area contributed by atoms with E-state index >= 15 is 0 Å². The van der Waals surface area contributed by atoms with Crippen molar-refractivity contribution in [1.29, 1.82) is 0 Å². The molecule has 0 amide bonds. The number of nitrogens with one attached hydrogen (secondary N) is 2. The van der Waals surface area contributed by atoms with E-state index < -0.39 is 0 Å². The molecule has 2 N–H and O–H groups in total. The van der Waals surface area contributed by atoms with Crippen LogP contribution in [0.25, 0.3) is 0 Å². The Bertz CT molecular complexity index is 941. The van der Waals surface area contributed by atoms with E-state index in [9.17, 15) is 4.79 Å². The van der Waals surface area contributed by atoms with Crippen molar-refractivity contribution in [3.63, 3.8) is 0 Å². The normalized spacial score (nSPS) is 10.3. The first-order valence-electron chi connectivity index (χ1n) is 8.18. The summed E-state index contributed by atoms with van der Waals surface area (Å²) in [6, 6.07) is 16.7. The van der Waals surface area contributed by atoms with Gasteiger partial charge in [-0.1, -0.05) is 18.2 Å². The average molecular weight is 348 g/mol. The van der Waals surface area contributed by atoms with Crippen LogP contribution in [0.2, 0.25) is 0 Å². The molecule has 1 heterocycles. The lowest BCUT2D eigenvalue weighted by atomic mass is 10.1. The highest BCUT2D eigenvalue weighted by Crippen LogP contribution is 2.22. The summed E-state index contributed by atoms with van der Waals surface area (Å²) < 4.78 is 5.24. The molecular formula is C20H20N4O2. The SMILES string of the molecule is COc1cccc(Nc2cc(C)nc(Nc3cccc(C(C)=O)c3)n2)c1. The second-order valence-electron chi connectivity index (χ2n) is 5.84. The van der Waals surface area contributed by atoms with Gasteiger partial charge in [-0.05, 0) is 38.1 Å². The molecule has 0 bridgehead atoms. The monoisotopic (exact) mass is 348 g/mol. The summed E-state index contributed by atoms with van der Waals surface area (Å²) in [6.45, 7) is 3.44. The molecule has 0 radical (unpaired) electrons. The highest BCUT2D eigenvalue weighted by molar-refractivity contribution is 5.95. The highest BCUT2D eigenvalue weighted by Gasteiger charge is 2.06. The average Bonchev–Trinajstić information content (AvgIpc) is 2.61. The Morgan fingerprint density at radius 1 is 0.962 bits per heavy atom. The number of carbonyl (C=O) groups excluding carboxylic acids is 1. The Labute approximate surface area is 152 Å². The molecule has 0 aliphatic carbocycles. The topological polar surface area (TPSA) is 76.1 Å². The fraction of sp³-hybridized carbons (Fsp3) is 0.150. The smallest absolute Gasteiger partial charge is 0.229 e. The van der Waals surface area contributed by atoms with Gasteiger partial charge in [0, 0.05) is 34.8 Å². The van der Waals surface area contributed by atoms with Gasteiger partial charge in [0.15, 0.2) is 5.78 Å². The molecule has 26 heavy (non-hydrogen) atoms. The van der Waals surface area contributed by atoms with Gasteiger partial charge in [-0.25, -0.2) is 4.98 Å². The molecule has 0 atom stereocenters. The number of hydrogen-bond acceptors (Lipinski definition) is 6. The molecule has 0 aliphatic heterocycles. The highest BCUT2D eigenvalue weighted by atomic mass is 16.5. The van der Waals surface area contributed by atoms with Crippen molar-refractivity contribution in [3.8, 4) is 5.75 Å². The van der Waals surface area contributed by atoms with E-state index in [1.165, 1.54) is 0 Å². The quantitative estimate of drug-likeness (QED) is 0.640. The van der Waals surface area contributed by atoms with Crippen LogP contribution in [0, 0.1) is 6.92 Å². The molecule has 0 unspecified atom stereocenters. The largest absolute Gasteiger partial charge is 0.497 e. The summed E-state index contributed by atoms with van der Waals surface area (Å²) in [5.41, 5.74) is 3.08. The molecule has 0 aliphatic rings. The summed E-state index contributed by atoms with van der Waals surface area (Å²) in [5.74, 6) is 1.89. The van der Waals surface area contributed by atoms with E-state index in [4.69, 9.17) is 4.74 Å². The first kappa shape index (κ1) is 17.4. The van der Waals surface area contributed by atoms with Crippen molar-refractivity contribution >= 4 is 28.9 Å². The Kier molecular flexibility index (Phi) is 5.12. The van der Waals surface area contributed by atoms with E-state index in [1.807, 2.05) is 49.4 Å². The van der Waals surface area contributed by atoms with Crippen LogP contribution in [0.15, 0.2) is 54.6 Å². The lowest BCUT2D eigenvalue weighted by molar-refractivity contribution is 0.101. The number of methoxy groups -OCH3 is 1. The molecule has 3 rings (SSSR count). The van der Waals surface area contributed by atoms with Crippen LogP contribution in [0.3, 0.4) is 0 Å². The molecule has 6 nitrogen and oxygen atoms in total. The zero-order valence-corrected chi connectivity index (χ0v) is 14.9. The van der Waals surface area contributed by atoms with Gasteiger partial charge in [-0.2, -0.15) is 4.98 Å². The third-order valence-electron chi connectivity index (χ3n) is 3.72. The zero-order valence-electron chi connectivity index (χ0n) is 14.9. The number of hydrogen-bond donors (Lipinski definition) is 2. The number of anilines is 4. The predicted molar refractivity (Wildman–Crippen MR) is 103 cm³/mol. The van der Waals surface area contributed by atoms with Gasteiger partial charge in [-0.3, -0.25) is 4.79 Å².